The number of nitrogens with zero attached hydrogens (tertiary/aromatic N) is 4. The number of carbonyl (C=O) groups is 1. The molecule has 1 aliphatic carbocycles. The molecule has 1 atom stereocenters. The van der Waals surface area contributed by atoms with Crippen LogP contribution in [0.3, 0.4) is 0 Å². The van der Waals surface area contributed by atoms with E-state index in [1.807, 2.05) is 11.2 Å². The highest BCUT2D eigenvalue weighted by atomic mass is 19.1. The first-order valence-electron chi connectivity index (χ1n) is 10.9. The number of aromatic nitrogens is 3. The molecule has 29 heavy (non-hydrogen) atoms. The Morgan fingerprint density at radius 1 is 1.21 bits per heavy atom. The third-order valence-electron chi connectivity index (χ3n) is 6.64. The van der Waals surface area contributed by atoms with E-state index in [2.05, 4.69) is 28.6 Å². The molecule has 2 aromatic rings. The van der Waals surface area contributed by atoms with Crippen LogP contribution < -0.4 is 0 Å². The Balaban J connectivity index is 1.57. The number of carbonyl (C=O) groups excluding carboxylic acids is 1. The molecule has 1 aromatic carbocycles. The lowest BCUT2D eigenvalue weighted by atomic mass is 9.67. The van der Waals surface area contributed by atoms with Crippen LogP contribution >= 0.6 is 0 Å². The van der Waals surface area contributed by atoms with Gasteiger partial charge in [-0.1, -0.05) is 45.2 Å². The van der Waals surface area contributed by atoms with Gasteiger partial charge in [-0.15, -0.1) is 10.2 Å². The Morgan fingerprint density at radius 3 is 2.62 bits per heavy atom. The minimum Gasteiger partial charge on any atom is -0.341 e. The first-order valence-corrected chi connectivity index (χ1v) is 10.9. The molecule has 0 bridgehead atoms. The van der Waals surface area contributed by atoms with Gasteiger partial charge in [0.25, 0.3) is 0 Å². The standard InChI is InChI=1S/C23H31FN4O/c1-17(2)13-28-16-25-26-22(28)20-14-27(15-23(20)10-4-3-5-11-23)21(29)12-18-6-8-19(24)9-7-18/h6-9,16-17,20H,3-5,10-15H2,1-2H3. The van der Waals surface area contributed by atoms with Gasteiger partial charge in [0.15, 0.2) is 0 Å². The predicted octanol–water partition coefficient (Wildman–Crippen LogP) is 4.19. The van der Waals surface area contributed by atoms with Gasteiger partial charge in [-0.2, -0.15) is 0 Å². The molecule has 1 saturated heterocycles. The number of amides is 1. The van der Waals surface area contributed by atoms with Crippen LogP contribution in [-0.4, -0.2) is 38.7 Å². The molecular formula is C23H31FN4O. The van der Waals surface area contributed by atoms with Crippen LogP contribution in [0.2, 0.25) is 0 Å². The number of hydrogen-bond acceptors (Lipinski definition) is 3. The molecule has 156 valence electrons. The summed E-state index contributed by atoms with van der Waals surface area (Å²) in [7, 11) is 0. The fourth-order valence-corrected chi connectivity index (χ4v) is 5.23. The number of rotatable bonds is 5. The van der Waals surface area contributed by atoms with E-state index < -0.39 is 0 Å². The van der Waals surface area contributed by atoms with Crippen LogP contribution in [0.4, 0.5) is 4.39 Å². The molecular weight excluding hydrogens is 367 g/mol. The Morgan fingerprint density at radius 2 is 1.93 bits per heavy atom. The Labute approximate surface area is 172 Å². The fraction of sp³-hybridized carbons (Fsp3) is 0.609. The highest BCUT2D eigenvalue weighted by Crippen LogP contribution is 2.51. The number of likely N-dealkylation sites (tertiary alicyclic amines) is 1. The van der Waals surface area contributed by atoms with Gasteiger partial charge in [0.2, 0.25) is 5.91 Å². The summed E-state index contributed by atoms with van der Waals surface area (Å²) in [4.78, 5) is 15.1. The lowest BCUT2D eigenvalue weighted by Crippen LogP contribution is -2.35. The summed E-state index contributed by atoms with van der Waals surface area (Å²) >= 11 is 0. The number of halogens is 1. The van der Waals surface area contributed by atoms with Crippen molar-refractivity contribution in [2.24, 2.45) is 11.3 Å². The van der Waals surface area contributed by atoms with Gasteiger partial charge in [-0.25, -0.2) is 4.39 Å². The minimum absolute atomic E-state index is 0.110. The van der Waals surface area contributed by atoms with E-state index in [0.29, 0.717) is 18.9 Å². The summed E-state index contributed by atoms with van der Waals surface area (Å²) in [6.07, 6.45) is 8.16. The average molecular weight is 399 g/mol. The molecule has 4 rings (SSSR count). The first-order chi connectivity index (χ1) is 14.0. The zero-order chi connectivity index (χ0) is 20.4. The molecule has 0 N–H and O–H groups in total. The van der Waals surface area contributed by atoms with Crippen LogP contribution in [0.15, 0.2) is 30.6 Å². The Hall–Kier alpha value is -2.24. The van der Waals surface area contributed by atoms with Crippen molar-refractivity contribution in [3.8, 4) is 0 Å². The third-order valence-corrected chi connectivity index (χ3v) is 6.64. The first kappa shape index (κ1) is 20.0. The molecule has 1 aliphatic heterocycles. The summed E-state index contributed by atoms with van der Waals surface area (Å²) in [5, 5.41) is 8.74. The van der Waals surface area contributed by atoms with Crippen LogP contribution in [0.5, 0.6) is 0 Å². The quantitative estimate of drug-likeness (QED) is 0.759. The Kier molecular flexibility index (Phi) is 5.70. The van der Waals surface area contributed by atoms with E-state index in [4.69, 9.17) is 0 Å². The van der Waals surface area contributed by atoms with Crippen LogP contribution in [0.1, 0.15) is 63.3 Å². The normalized spacial score (nSPS) is 21.2. The van der Waals surface area contributed by atoms with Crippen molar-refractivity contribution >= 4 is 5.91 Å². The van der Waals surface area contributed by atoms with Crippen molar-refractivity contribution in [2.45, 2.75) is 64.8 Å². The molecule has 1 amide bonds. The highest BCUT2D eigenvalue weighted by molar-refractivity contribution is 5.79. The molecule has 2 aliphatic rings. The predicted molar refractivity (Wildman–Crippen MR) is 110 cm³/mol. The molecule has 0 radical (unpaired) electrons. The largest absolute Gasteiger partial charge is 0.341 e. The summed E-state index contributed by atoms with van der Waals surface area (Å²) in [5.41, 5.74) is 0.971. The van der Waals surface area contributed by atoms with Crippen molar-refractivity contribution in [1.82, 2.24) is 19.7 Å². The summed E-state index contributed by atoms with van der Waals surface area (Å²) in [5.74, 6) is 1.65. The molecule has 2 heterocycles. The van der Waals surface area contributed by atoms with Crippen LogP contribution in [0.25, 0.3) is 0 Å². The molecule has 6 heteroatoms. The van der Waals surface area contributed by atoms with E-state index >= 15 is 0 Å². The van der Waals surface area contributed by atoms with Crippen molar-refractivity contribution in [1.29, 1.82) is 0 Å². The zero-order valence-corrected chi connectivity index (χ0v) is 17.5. The van der Waals surface area contributed by atoms with Crippen molar-refractivity contribution < 1.29 is 9.18 Å². The van der Waals surface area contributed by atoms with Crippen LogP contribution in [0, 0.1) is 17.2 Å². The average Bonchev–Trinajstić information content (AvgIpc) is 3.28. The van der Waals surface area contributed by atoms with Gasteiger partial charge < -0.3 is 9.47 Å². The van der Waals surface area contributed by atoms with Gasteiger partial charge in [-0.05, 0) is 41.9 Å². The van der Waals surface area contributed by atoms with E-state index in [-0.39, 0.29) is 23.1 Å². The van der Waals surface area contributed by atoms with Crippen LogP contribution in [-0.2, 0) is 17.8 Å². The topological polar surface area (TPSA) is 51.0 Å². The number of benzene rings is 1. The summed E-state index contributed by atoms with van der Waals surface area (Å²) in [6.45, 7) is 6.81. The van der Waals surface area contributed by atoms with E-state index in [1.165, 1.54) is 31.4 Å². The van der Waals surface area contributed by atoms with E-state index in [1.54, 1.807) is 12.1 Å². The second-order valence-electron chi connectivity index (χ2n) is 9.29. The third kappa shape index (κ3) is 4.21. The molecule has 1 spiro atoms. The van der Waals surface area contributed by atoms with Gasteiger partial charge in [0.1, 0.15) is 18.0 Å². The second kappa shape index (κ2) is 8.25. The highest BCUT2D eigenvalue weighted by Gasteiger charge is 2.50. The molecule has 1 unspecified atom stereocenters. The van der Waals surface area contributed by atoms with Gasteiger partial charge >= 0.3 is 0 Å². The lowest BCUT2D eigenvalue weighted by Gasteiger charge is -2.37. The SMILES string of the molecule is CC(C)Cn1cnnc1C1CN(C(=O)Cc2ccc(F)cc2)CC12CCCCC2. The van der Waals surface area contributed by atoms with E-state index in [9.17, 15) is 9.18 Å². The maximum Gasteiger partial charge on any atom is 0.227 e. The molecule has 1 aromatic heterocycles. The summed E-state index contributed by atoms with van der Waals surface area (Å²) in [6, 6.07) is 6.26. The smallest absolute Gasteiger partial charge is 0.227 e. The van der Waals surface area contributed by atoms with Crippen molar-refractivity contribution in [2.75, 3.05) is 13.1 Å². The lowest BCUT2D eigenvalue weighted by molar-refractivity contribution is -0.130. The minimum atomic E-state index is -0.270. The maximum atomic E-state index is 13.2. The molecule has 2 fully saturated rings. The van der Waals surface area contributed by atoms with Gasteiger partial charge in [0, 0.05) is 25.6 Å². The van der Waals surface area contributed by atoms with Gasteiger partial charge in [0.05, 0.1) is 6.42 Å². The van der Waals surface area contributed by atoms with Crippen molar-refractivity contribution in [3.05, 3.63) is 47.8 Å². The second-order valence-corrected chi connectivity index (χ2v) is 9.29. The molecule has 1 saturated carbocycles. The summed E-state index contributed by atoms with van der Waals surface area (Å²) < 4.78 is 15.4. The zero-order valence-electron chi connectivity index (χ0n) is 17.5. The van der Waals surface area contributed by atoms with E-state index in [0.717, 1.165) is 37.3 Å². The molecule has 5 nitrogen and oxygen atoms in total. The van der Waals surface area contributed by atoms with Crippen molar-refractivity contribution in [3.63, 3.8) is 0 Å². The fourth-order valence-electron chi connectivity index (χ4n) is 5.23. The van der Waals surface area contributed by atoms with Gasteiger partial charge in [-0.3, -0.25) is 4.79 Å². The Bertz CT molecular complexity index is 839. The number of hydrogen-bond donors (Lipinski definition) is 0. The maximum absolute atomic E-state index is 13.2. The monoisotopic (exact) mass is 398 g/mol.